The van der Waals surface area contributed by atoms with Crippen LogP contribution in [-0.4, -0.2) is 61.6 Å². The van der Waals surface area contributed by atoms with Gasteiger partial charge in [0, 0.05) is 45.8 Å². The highest BCUT2D eigenvalue weighted by Gasteiger charge is 2.24. The van der Waals surface area contributed by atoms with E-state index in [1.807, 2.05) is 4.90 Å². The number of nitrogens with zero attached hydrogens (tertiary/aromatic N) is 2. The van der Waals surface area contributed by atoms with E-state index in [9.17, 15) is 4.79 Å². The Labute approximate surface area is 117 Å². The molecule has 2 heterocycles. The number of rotatable bonds is 4. The lowest BCUT2D eigenvalue weighted by Crippen LogP contribution is -2.50. The largest absolute Gasteiger partial charge is 0.381 e. The van der Waals surface area contributed by atoms with Crippen LogP contribution in [0.4, 0.5) is 0 Å². The van der Waals surface area contributed by atoms with Gasteiger partial charge in [-0.2, -0.15) is 0 Å². The van der Waals surface area contributed by atoms with Gasteiger partial charge in [0.1, 0.15) is 0 Å². The summed E-state index contributed by atoms with van der Waals surface area (Å²) in [5.41, 5.74) is 0. The van der Waals surface area contributed by atoms with Gasteiger partial charge >= 0.3 is 0 Å². The zero-order valence-electron chi connectivity index (χ0n) is 12.4. The SMILES string of the molecule is CC(C)CC(=O)N1CCN(C[C@H]2CCCOC2)CC1. The van der Waals surface area contributed by atoms with Crippen LogP contribution in [0.2, 0.25) is 0 Å². The molecular formula is C15H28N2O2. The minimum absolute atomic E-state index is 0.329. The molecule has 2 saturated heterocycles. The van der Waals surface area contributed by atoms with Crippen molar-refractivity contribution in [3.63, 3.8) is 0 Å². The van der Waals surface area contributed by atoms with Crippen molar-refractivity contribution >= 4 is 5.91 Å². The fourth-order valence-corrected chi connectivity index (χ4v) is 2.97. The lowest BCUT2D eigenvalue weighted by molar-refractivity contribution is -0.133. The van der Waals surface area contributed by atoms with Crippen molar-refractivity contribution in [3.05, 3.63) is 0 Å². The van der Waals surface area contributed by atoms with Crippen LogP contribution in [0.15, 0.2) is 0 Å². The minimum Gasteiger partial charge on any atom is -0.381 e. The highest BCUT2D eigenvalue weighted by molar-refractivity contribution is 5.76. The Bertz CT molecular complexity index is 280. The first kappa shape index (κ1) is 14.8. The molecule has 2 fully saturated rings. The third-order valence-corrected chi connectivity index (χ3v) is 4.08. The number of carbonyl (C=O) groups excluding carboxylic acids is 1. The van der Waals surface area contributed by atoms with Crippen LogP contribution in [0.25, 0.3) is 0 Å². The van der Waals surface area contributed by atoms with Gasteiger partial charge in [-0.1, -0.05) is 13.8 Å². The van der Waals surface area contributed by atoms with E-state index in [1.54, 1.807) is 0 Å². The van der Waals surface area contributed by atoms with E-state index in [1.165, 1.54) is 12.8 Å². The van der Waals surface area contributed by atoms with Crippen molar-refractivity contribution in [1.82, 2.24) is 9.80 Å². The van der Waals surface area contributed by atoms with Crippen molar-refractivity contribution in [2.45, 2.75) is 33.1 Å². The van der Waals surface area contributed by atoms with Crippen LogP contribution >= 0.6 is 0 Å². The first-order valence-electron chi connectivity index (χ1n) is 7.73. The van der Waals surface area contributed by atoms with Crippen LogP contribution < -0.4 is 0 Å². The van der Waals surface area contributed by atoms with Crippen LogP contribution in [0, 0.1) is 11.8 Å². The maximum Gasteiger partial charge on any atom is 0.222 e. The Morgan fingerprint density at radius 1 is 1.26 bits per heavy atom. The summed E-state index contributed by atoms with van der Waals surface area (Å²) < 4.78 is 5.54. The average molecular weight is 268 g/mol. The summed E-state index contributed by atoms with van der Waals surface area (Å²) in [5.74, 6) is 1.49. The summed E-state index contributed by atoms with van der Waals surface area (Å²) in [6, 6.07) is 0. The second kappa shape index (κ2) is 7.25. The first-order chi connectivity index (χ1) is 9.15. The van der Waals surface area contributed by atoms with Crippen LogP contribution in [0.1, 0.15) is 33.1 Å². The zero-order chi connectivity index (χ0) is 13.7. The molecule has 2 aliphatic rings. The topological polar surface area (TPSA) is 32.8 Å². The molecule has 4 heteroatoms. The fourth-order valence-electron chi connectivity index (χ4n) is 2.97. The van der Waals surface area contributed by atoms with Gasteiger partial charge in [-0.3, -0.25) is 9.69 Å². The molecule has 0 aliphatic carbocycles. The number of ether oxygens (including phenoxy) is 1. The second-order valence-electron chi connectivity index (χ2n) is 6.36. The first-order valence-corrected chi connectivity index (χ1v) is 7.73. The molecule has 0 aromatic heterocycles. The molecule has 1 amide bonds. The van der Waals surface area contributed by atoms with E-state index in [-0.39, 0.29) is 0 Å². The lowest BCUT2D eigenvalue weighted by Gasteiger charge is -2.37. The quantitative estimate of drug-likeness (QED) is 0.776. The molecule has 1 atom stereocenters. The van der Waals surface area contributed by atoms with Gasteiger partial charge in [0.05, 0.1) is 6.61 Å². The third-order valence-electron chi connectivity index (χ3n) is 4.08. The van der Waals surface area contributed by atoms with Gasteiger partial charge in [-0.15, -0.1) is 0 Å². The Morgan fingerprint density at radius 2 is 2.00 bits per heavy atom. The van der Waals surface area contributed by atoms with Gasteiger partial charge in [0.25, 0.3) is 0 Å². The van der Waals surface area contributed by atoms with E-state index < -0.39 is 0 Å². The second-order valence-corrected chi connectivity index (χ2v) is 6.36. The smallest absolute Gasteiger partial charge is 0.222 e. The Balaban J connectivity index is 1.68. The van der Waals surface area contributed by atoms with E-state index in [0.717, 1.165) is 45.9 Å². The summed E-state index contributed by atoms with van der Waals surface area (Å²) in [6.07, 6.45) is 3.19. The standard InChI is InChI=1S/C15H28N2O2/c1-13(2)10-15(18)17-7-5-16(6-8-17)11-14-4-3-9-19-12-14/h13-14H,3-12H2,1-2H3/t14-/m1/s1. The maximum atomic E-state index is 12.0. The molecule has 0 saturated carbocycles. The van der Waals surface area contributed by atoms with Crippen LogP contribution in [-0.2, 0) is 9.53 Å². The molecule has 4 nitrogen and oxygen atoms in total. The van der Waals surface area contributed by atoms with Crippen molar-refractivity contribution in [2.75, 3.05) is 45.9 Å². The van der Waals surface area contributed by atoms with E-state index in [2.05, 4.69) is 18.7 Å². The van der Waals surface area contributed by atoms with E-state index in [4.69, 9.17) is 4.74 Å². The Morgan fingerprint density at radius 3 is 2.58 bits per heavy atom. The average Bonchev–Trinajstić information content (AvgIpc) is 2.40. The summed E-state index contributed by atoms with van der Waals surface area (Å²) in [7, 11) is 0. The maximum absolute atomic E-state index is 12.0. The summed E-state index contributed by atoms with van der Waals surface area (Å²) in [5, 5.41) is 0. The van der Waals surface area contributed by atoms with Gasteiger partial charge in [-0.05, 0) is 24.7 Å². The highest BCUT2D eigenvalue weighted by atomic mass is 16.5. The molecule has 110 valence electrons. The third kappa shape index (κ3) is 4.77. The molecule has 0 spiro atoms. The Kier molecular flexibility index (Phi) is 5.64. The van der Waals surface area contributed by atoms with Crippen LogP contribution in [0.5, 0.6) is 0 Å². The molecule has 2 rings (SSSR count). The van der Waals surface area contributed by atoms with E-state index >= 15 is 0 Å². The number of hydrogen-bond acceptors (Lipinski definition) is 3. The number of piperazine rings is 1. The van der Waals surface area contributed by atoms with E-state index in [0.29, 0.717) is 24.2 Å². The van der Waals surface area contributed by atoms with Gasteiger partial charge in [0.2, 0.25) is 5.91 Å². The zero-order valence-corrected chi connectivity index (χ0v) is 12.4. The predicted octanol–water partition coefficient (Wildman–Crippen LogP) is 1.60. The normalized spacial score (nSPS) is 25.8. The number of carbonyl (C=O) groups is 1. The minimum atomic E-state index is 0.329. The predicted molar refractivity (Wildman–Crippen MR) is 76.0 cm³/mol. The monoisotopic (exact) mass is 268 g/mol. The number of hydrogen-bond donors (Lipinski definition) is 0. The van der Waals surface area contributed by atoms with Crippen molar-refractivity contribution in [2.24, 2.45) is 11.8 Å². The molecule has 0 aromatic carbocycles. The molecule has 0 N–H and O–H groups in total. The van der Waals surface area contributed by atoms with Crippen molar-refractivity contribution in [3.8, 4) is 0 Å². The molecule has 2 aliphatic heterocycles. The molecule has 0 unspecified atom stereocenters. The summed E-state index contributed by atoms with van der Waals surface area (Å²) in [4.78, 5) is 16.5. The van der Waals surface area contributed by atoms with Gasteiger partial charge < -0.3 is 9.64 Å². The van der Waals surface area contributed by atoms with Gasteiger partial charge in [-0.25, -0.2) is 0 Å². The molecule has 0 aromatic rings. The molecular weight excluding hydrogens is 240 g/mol. The Hall–Kier alpha value is -0.610. The molecule has 0 radical (unpaired) electrons. The fraction of sp³-hybridized carbons (Fsp3) is 0.933. The number of amides is 1. The van der Waals surface area contributed by atoms with Crippen molar-refractivity contribution < 1.29 is 9.53 Å². The molecule has 0 bridgehead atoms. The van der Waals surface area contributed by atoms with Crippen molar-refractivity contribution in [1.29, 1.82) is 0 Å². The molecule has 19 heavy (non-hydrogen) atoms. The summed E-state index contributed by atoms with van der Waals surface area (Å²) >= 11 is 0. The summed E-state index contributed by atoms with van der Waals surface area (Å²) in [6.45, 7) is 11.1. The van der Waals surface area contributed by atoms with Gasteiger partial charge in [0.15, 0.2) is 0 Å². The lowest BCUT2D eigenvalue weighted by atomic mass is 10.0. The highest BCUT2D eigenvalue weighted by Crippen LogP contribution is 2.16. The van der Waals surface area contributed by atoms with Crippen LogP contribution in [0.3, 0.4) is 0 Å².